The number of hydrogen-bond donors (Lipinski definition) is 1. The van der Waals surface area contributed by atoms with E-state index < -0.39 is 0 Å². The third kappa shape index (κ3) is 3.13. The molecule has 0 amide bonds. The number of ether oxygens (including phenoxy) is 3. The Kier molecular flexibility index (Phi) is 5.01. The Balaban J connectivity index is 1.99. The van der Waals surface area contributed by atoms with Crippen molar-refractivity contribution in [3.8, 4) is 5.75 Å². The molecule has 1 aromatic rings. The Bertz CT molecular complexity index is 423. The average Bonchev–Trinajstić information content (AvgIpc) is 3.01. The highest BCUT2D eigenvalue weighted by molar-refractivity contribution is 5.27. The standard InChI is InChI=1S/C14H25N3O3/c1-9(14-13(20-5)8-17(2)16-14)15-10-6-11(18-3)12(7-10)19-4/h8-12,15H,6-7H2,1-5H3/t9?,11-,12-/m1/s1. The van der Waals surface area contributed by atoms with Gasteiger partial charge < -0.3 is 19.5 Å². The molecule has 0 aromatic carbocycles. The molecule has 1 fully saturated rings. The highest BCUT2D eigenvalue weighted by atomic mass is 16.5. The van der Waals surface area contributed by atoms with Crippen molar-refractivity contribution in [2.45, 2.75) is 44.1 Å². The molecule has 1 heterocycles. The lowest BCUT2D eigenvalue weighted by atomic mass is 10.1. The molecule has 6 heteroatoms. The Morgan fingerprint density at radius 3 is 2.35 bits per heavy atom. The second-order valence-corrected chi connectivity index (χ2v) is 5.36. The van der Waals surface area contributed by atoms with Crippen LogP contribution in [0.1, 0.15) is 31.5 Å². The van der Waals surface area contributed by atoms with Gasteiger partial charge in [-0.05, 0) is 19.8 Å². The zero-order valence-electron chi connectivity index (χ0n) is 12.9. The van der Waals surface area contributed by atoms with E-state index in [1.807, 2.05) is 13.2 Å². The molecule has 2 rings (SSSR count). The van der Waals surface area contributed by atoms with E-state index in [-0.39, 0.29) is 18.2 Å². The molecule has 1 saturated carbocycles. The monoisotopic (exact) mass is 283 g/mol. The number of aryl methyl sites for hydroxylation is 1. The second kappa shape index (κ2) is 6.56. The van der Waals surface area contributed by atoms with E-state index in [0.29, 0.717) is 6.04 Å². The SMILES string of the molecule is COc1cn(C)nc1C(C)NC1C[C@@H](OC)[C@H](OC)C1. The molecule has 1 aliphatic rings. The van der Waals surface area contributed by atoms with Crippen molar-refractivity contribution < 1.29 is 14.2 Å². The number of nitrogens with zero attached hydrogens (tertiary/aromatic N) is 2. The molecule has 0 saturated heterocycles. The van der Waals surface area contributed by atoms with Crippen molar-refractivity contribution >= 4 is 0 Å². The Hall–Kier alpha value is -1.11. The first kappa shape index (κ1) is 15.3. The molecular weight excluding hydrogens is 258 g/mol. The number of hydrogen-bond acceptors (Lipinski definition) is 5. The van der Waals surface area contributed by atoms with Crippen LogP contribution in [-0.2, 0) is 16.5 Å². The van der Waals surface area contributed by atoms with Gasteiger partial charge in [0.25, 0.3) is 0 Å². The van der Waals surface area contributed by atoms with Gasteiger partial charge >= 0.3 is 0 Å². The largest absolute Gasteiger partial charge is 0.493 e. The van der Waals surface area contributed by atoms with Crippen molar-refractivity contribution in [1.29, 1.82) is 0 Å². The zero-order valence-corrected chi connectivity index (χ0v) is 12.9. The summed E-state index contributed by atoms with van der Waals surface area (Å²) in [6.45, 7) is 2.10. The number of aromatic nitrogens is 2. The number of rotatable bonds is 6. The summed E-state index contributed by atoms with van der Waals surface area (Å²) in [5, 5.41) is 8.06. The van der Waals surface area contributed by atoms with Gasteiger partial charge in [0.2, 0.25) is 0 Å². The first-order chi connectivity index (χ1) is 9.58. The van der Waals surface area contributed by atoms with Crippen LogP contribution in [0.2, 0.25) is 0 Å². The minimum absolute atomic E-state index is 0.129. The number of nitrogens with one attached hydrogen (secondary N) is 1. The molecule has 0 radical (unpaired) electrons. The molecule has 6 nitrogen and oxygen atoms in total. The molecule has 1 unspecified atom stereocenters. The molecule has 114 valence electrons. The lowest BCUT2D eigenvalue weighted by Crippen LogP contribution is -2.30. The molecule has 0 bridgehead atoms. The summed E-state index contributed by atoms with van der Waals surface area (Å²) in [5.74, 6) is 0.817. The van der Waals surface area contributed by atoms with Crippen molar-refractivity contribution in [2.24, 2.45) is 7.05 Å². The van der Waals surface area contributed by atoms with Crippen molar-refractivity contribution in [3.05, 3.63) is 11.9 Å². The van der Waals surface area contributed by atoms with Crippen LogP contribution in [0.3, 0.4) is 0 Å². The first-order valence-corrected chi connectivity index (χ1v) is 6.98. The summed E-state index contributed by atoms with van der Waals surface area (Å²) in [6, 6.07) is 0.496. The smallest absolute Gasteiger partial charge is 0.161 e. The van der Waals surface area contributed by atoms with Gasteiger partial charge in [-0.1, -0.05) is 0 Å². The quantitative estimate of drug-likeness (QED) is 0.852. The summed E-state index contributed by atoms with van der Waals surface area (Å²) in [4.78, 5) is 0. The van der Waals surface area contributed by atoms with Crippen molar-refractivity contribution in [1.82, 2.24) is 15.1 Å². The van der Waals surface area contributed by atoms with Crippen LogP contribution < -0.4 is 10.1 Å². The predicted octanol–water partition coefficient (Wildman–Crippen LogP) is 1.27. The highest BCUT2D eigenvalue weighted by Gasteiger charge is 2.35. The summed E-state index contributed by atoms with van der Waals surface area (Å²) < 4.78 is 18.1. The molecule has 3 atom stereocenters. The normalized spacial score (nSPS) is 25.1. The molecule has 0 spiro atoms. The Morgan fingerprint density at radius 1 is 1.25 bits per heavy atom. The van der Waals surface area contributed by atoms with Crippen LogP contribution >= 0.6 is 0 Å². The van der Waals surface area contributed by atoms with E-state index in [0.717, 1.165) is 24.3 Å². The van der Waals surface area contributed by atoms with Crippen molar-refractivity contribution in [2.75, 3.05) is 21.3 Å². The predicted molar refractivity (Wildman–Crippen MR) is 75.9 cm³/mol. The van der Waals surface area contributed by atoms with Crippen LogP contribution in [0.25, 0.3) is 0 Å². The van der Waals surface area contributed by atoms with Gasteiger partial charge in [0, 0.05) is 27.3 Å². The molecule has 0 aliphatic heterocycles. The van der Waals surface area contributed by atoms with Crippen LogP contribution in [0.5, 0.6) is 5.75 Å². The van der Waals surface area contributed by atoms with E-state index in [1.54, 1.807) is 26.0 Å². The highest BCUT2D eigenvalue weighted by Crippen LogP contribution is 2.29. The van der Waals surface area contributed by atoms with E-state index in [9.17, 15) is 0 Å². The van der Waals surface area contributed by atoms with E-state index in [1.165, 1.54) is 0 Å². The third-order valence-electron chi connectivity index (χ3n) is 3.99. The summed E-state index contributed by atoms with van der Waals surface area (Å²) in [6.07, 6.45) is 4.12. The van der Waals surface area contributed by atoms with E-state index >= 15 is 0 Å². The van der Waals surface area contributed by atoms with Gasteiger partial charge in [0.1, 0.15) is 5.69 Å². The fourth-order valence-electron chi connectivity index (χ4n) is 2.97. The second-order valence-electron chi connectivity index (χ2n) is 5.36. The molecule has 1 aliphatic carbocycles. The fraction of sp³-hybridized carbons (Fsp3) is 0.786. The van der Waals surface area contributed by atoms with Gasteiger partial charge in [-0.25, -0.2) is 0 Å². The molecule has 1 aromatic heterocycles. The molecule has 1 N–H and O–H groups in total. The van der Waals surface area contributed by atoms with Gasteiger partial charge in [-0.15, -0.1) is 0 Å². The summed E-state index contributed by atoms with van der Waals surface area (Å²) in [5.41, 5.74) is 0.935. The van der Waals surface area contributed by atoms with Crippen LogP contribution in [-0.4, -0.2) is 49.4 Å². The van der Waals surface area contributed by atoms with Gasteiger partial charge in [-0.3, -0.25) is 4.68 Å². The Morgan fingerprint density at radius 2 is 1.85 bits per heavy atom. The van der Waals surface area contributed by atoms with Crippen LogP contribution in [0.15, 0.2) is 6.20 Å². The zero-order chi connectivity index (χ0) is 14.7. The van der Waals surface area contributed by atoms with Gasteiger partial charge in [0.15, 0.2) is 5.75 Å². The van der Waals surface area contributed by atoms with Gasteiger partial charge in [-0.2, -0.15) is 5.10 Å². The minimum Gasteiger partial charge on any atom is -0.493 e. The van der Waals surface area contributed by atoms with E-state index in [4.69, 9.17) is 14.2 Å². The maximum Gasteiger partial charge on any atom is 0.161 e. The third-order valence-corrected chi connectivity index (χ3v) is 3.99. The number of methoxy groups -OCH3 is 3. The molecular formula is C14H25N3O3. The summed E-state index contributed by atoms with van der Waals surface area (Å²) >= 11 is 0. The maximum atomic E-state index is 5.47. The first-order valence-electron chi connectivity index (χ1n) is 6.98. The van der Waals surface area contributed by atoms with Crippen LogP contribution in [0.4, 0.5) is 0 Å². The topological polar surface area (TPSA) is 57.5 Å². The Labute approximate surface area is 120 Å². The van der Waals surface area contributed by atoms with E-state index in [2.05, 4.69) is 17.3 Å². The average molecular weight is 283 g/mol. The lowest BCUT2D eigenvalue weighted by Gasteiger charge is -2.18. The van der Waals surface area contributed by atoms with Gasteiger partial charge in [0.05, 0.1) is 31.6 Å². The fourth-order valence-corrected chi connectivity index (χ4v) is 2.97. The van der Waals surface area contributed by atoms with Crippen LogP contribution in [0, 0.1) is 0 Å². The summed E-state index contributed by atoms with van der Waals surface area (Å²) in [7, 11) is 7.05. The lowest BCUT2D eigenvalue weighted by molar-refractivity contribution is -0.0157. The minimum atomic E-state index is 0.129. The van der Waals surface area contributed by atoms with Crippen molar-refractivity contribution in [3.63, 3.8) is 0 Å². The maximum absolute atomic E-state index is 5.47. The molecule has 20 heavy (non-hydrogen) atoms.